The molecule has 1 unspecified atom stereocenters. The van der Waals surface area contributed by atoms with Gasteiger partial charge in [0.2, 0.25) is 0 Å². The summed E-state index contributed by atoms with van der Waals surface area (Å²) in [5.74, 6) is -0.838. The minimum Gasteiger partial charge on any atom is -0.462 e. The maximum atomic E-state index is 13.0. The van der Waals surface area contributed by atoms with Gasteiger partial charge in [0.1, 0.15) is 13.2 Å². The van der Waals surface area contributed by atoms with Gasteiger partial charge in [-0.3, -0.25) is 14.4 Å². The minimum atomic E-state index is -0.772. The zero-order valence-electron chi connectivity index (χ0n) is 55.8. The average molecular weight is 1150 g/mol. The molecule has 0 N–H and O–H groups in total. The van der Waals surface area contributed by atoms with Crippen LogP contribution in [0.2, 0.25) is 0 Å². The summed E-state index contributed by atoms with van der Waals surface area (Å²) in [6.07, 6.45) is 87.9. The van der Waals surface area contributed by atoms with Crippen molar-refractivity contribution < 1.29 is 28.6 Å². The molecule has 0 fully saturated rings. The number of unbranched alkanes of at least 4 members (excludes halogenated alkanes) is 55. The summed E-state index contributed by atoms with van der Waals surface area (Å²) in [6, 6.07) is 0. The Bertz CT molecular complexity index is 1320. The van der Waals surface area contributed by atoms with Crippen LogP contribution in [0.25, 0.3) is 0 Å². The van der Waals surface area contributed by atoms with Crippen LogP contribution < -0.4 is 0 Å². The van der Waals surface area contributed by atoms with Gasteiger partial charge in [0, 0.05) is 19.3 Å². The van der Waals surface area contributed by atoms with Crippen molar-refractivity contribution in [3.63, 3.8) is 0 Å². The average Bonchev–Trinajstić information content (AvgIpc) is 3.47. The number of esters is 3. The third-order valence-electron chi connectivity index (χ3n) is 17.2. The lowest BCUT2D eigenvalue weighted by atomic mass is 10.0. The van der Waals surface area contributed by atoms with Crippen LogP contribution in [-0.4, -0.2) is 37.2 Å². The zero-order valence-corrected chi connectivity index (χ0v) is 55.8. The van der Waals surface area contributed by atoms with Crippen molar-refractivity contribution in [1.29, 1.82) is 0 Å². The van der Waals surface area contributed by atoms with Crippen LogP contribution in [-0.2, 0) is 28.6 Å². The van der Waals surface area contributed by atoms with Gasteiger partial charge in [-0.1, -0.05) is 379 Å². The Morgan fingerprint density at radius 2 is 0.439 bits per heavy atom. The van der Waals surface area contributed by atoms with Gasteiger partial charge in [-0.2, -0.15) is 0 Å². The van der Waals surface area contributed by atoms with Crippen LogP contribution in [0, 0.1) is 0 Å². The Kier molecular flexibility index (Phi) is 69.5. The second-order valence-corrected chi connectivity index (χ2v) is 25.6. The second-order valence-electron chi connectivity index (χ2n) is 25.6. The molecule has 0 aromatic heterocycles. The summed E-state index contributed by atoms with van der Waals surface area (Å²) in [4.78, 5) is 38.5. The molecule has 82 heavy (non-hydrogen) atoms. The van der Waals surface area contributed by atoms with Gasteiger partial charge in [0.15, 0.2) is 6.10 Å². The van der Waals surface area contributed by atoms with Crippen molar-refractivity contribution in [3.05, 3.63) is 24.3 Å². The topological polar surface area (TPSA) is 78.9 Å². The van der Waals surface area contributed by atoms with Crippen molar-refractivity contribution in [2.75, 3.05) is 13.2 Å². The van der Waals surface area contributed by atoms with Crippen molar-refractivity contribution in [1.82, 2.24) is 0 Å². The Morgan fingerprint density at radius 1 is 0.244 bits per heavy atom. The van der Waals surface area contributed by atoms with E-state index in [0.717, 1.165) is 70.6 Å². The maximum absolute atomic E-state index is 13.0. The lowest BCUT2D eigenvalue weighted by Crippen LogP contribution is -2.30. The van der Waals surface area contributed by atoms with E-state index in [1.807, 2.05) is 0 Å². The van der Waals surface area contributed by atoms with Gasteiger partial charge in [-0.25, -0.2) is 0 Å². The summed E-state index contributed by atoms with van der Waals surface area (Å²) >= 11 is 0. The lowest BCUT2D eigenvalue weighted by molar-refractivity contribution is -0.167. The largest absolute Gasteiger partial charge is 0.462 e. The third kappa shape index (κ3) is 68.7. The highest BCUT2D eigenvalue weighted by molar-refractivity contribution is 5.71. The predicted molar refractivity (Wildman–Crippen MR) is 358 cm³/mol. The van der Waals surface area contributed by atoms with Crippen LogP contribution >= 0.6 is 0 Å². The lowest BCUT2D eigenvalue weighted by Gasteiger charge is -2.18. The molecule has 0 saturated heterocycles. The van der Waals surface area contributed by atoms with Gasteiger partial charge < -0.3 is 14.2 Å². The molecule has 0 aromatic rings. The molecule has 0 aliphatic heterocycles. The Hall–Kier alpha value is -2.11. The van der Waals surface area contributed by atoms with Gasteiger partial charge in [0.05, 0.1) is 0 Å². The highest BCUT2D eigenvalue weighted by Gasteiger charge is 2.20. The molecular weight excluding hydrogens is 1010 g/mol. The third-order valence-corrected chi connectivity index (χ3v) is 17.2. The van der Waals surface area contributed by atoms with Crippen LogP contribution in [0.4, 0.5) is 0 Å². The SMILES string of the molecule is CCCCCC/C=C\C/C=C\CCCCCCCCCC(=O)OCC(COC(=O)CCCCCCCCCCCCCCCCCCCCCCCCCCCCC)OC(=O)CCCCCCCCCCCCCCCCCCCCC. The summed E-state index contributed by atoms with van der Waals surface area (Å²) in [6.45, 7) is 6.72. The van der Waals surface area contributed by atoms with Crippen molar-refractivity contribution in [3.8, 4) is 0 Å². The molecule has 0 aromatic carbocycles. The van der Waals surface area contributed by atoms with Crippen molar-refractivity contribution >= 4 is 17.9 Å². The van der Waals surface area contributed by atoms with Gasteiger partial charge in [0.25, 0.3) is 0 Å². The van der Waals surface area contributed by atoms with E-state index in [1.165, 1.54) is 315 Å². The van der Waals surface area contributed by atoms with E-state index in [1.54, 1.807) is 0 Å². The fourth-order valence-corrected chi connectivity index (χ4v) is 11.6. The summed E-state index contributed by atoms with van der Waals surface area (Å²) < 4.78 is 17.0. The van der Waals surface area contributed by atoms with E-state index in [2.05, 4.69) is 45.1 Å². The highest BCUT2D eigenvalue weighted by Crippen LogP contribution is 2.19. The van der Waals surface area contributed by atoms with Crippen LogP contribution in [0.1, 0.15) is 425 Å². The molecular formula is C76H144O6. The van der Waals surface area contributed by atoms with Crippen molar-refractivity contribution in [2.45, 2.75) is 431 Å². The van der Waals surface area contributed by atoms with E-state index >= 15 is 0 Å². The molecule has 0 amide bonds. The number of ether oxygens (including phenoxy) is 3. The number of allylic oxidation sites excluding steroid dienone is 4. The van der Waals surface area contributed by atoms with Crippen LogP contribution in [0.5, 0.6) is 0 Å². The molecule has 0 saturated carbocycles. The first-order valence-corrected chi connectivity index (χ1v) is 37.3. The molecule has 0 heterocycles. The molecule has 1 atom stereocenters. The quantitative estimate of drug-likeness (QED) is 0.0261. The molecule has 6 heteroatoms. The van der Waals surface area contributed by atoms with Crippen LogP contribution in [0.3, 0.4) is 0 Å². The first kappa shape index (κ1) is 79.9. The van der Waals surface area contributed by atoms with Gasteiger partial charge in [-0.05, 0) is 51.4 Å². The fraction of sp³-hybridized carbons (Fsp3) is 0.908. The summed E-state index contributed by atoms with van der Waals surface area (Å²) in [5.41, 5.74) is 0. The summed E-state index contributed by atoms with van der Waals surface area (Å²) in [5, 5.41) is 0. The van der Waals surface area contributed by atoms with Crippen LogP contribution in [0.15, 0.2) is 24.3 Å². The minimum absolute atomic E-state index is 0.0669. The van der Waals surface area contributed by atoms with E-state index < -0.39 is 6.10 Å². The Balaban J connectivity index is 4.24. The van der Waals surface area contributed by atoms with E-state index in [0.29, 0.717) is 19.3 Å². The number of hydrogen-bond donors (Lipinski definition) is 0. The first-order chi connectivity index (χ1) is 40.5. The van der Waals surface area contributed by atoms with Gasteiger partial charge in [-0.15, -0.1) is 0 Å². The molecule has 0 bridgehead atoms. The number of carbonyl (C=O) groups is 3. The number of hydrogen-bond acceptors (Lipinski definition) is 6. The normalized spacial score (nSPS) is 12.1. The molecule has 0 rings (SSSR count). The van der Waals surface area contributed by atoms with Crippen molar-refractivity contribution in [2.24, 2.45) is 0 Å². The Morgan fingerprint density at radius 3 is 0.683 bits per heavy atom. The number of carbonyl (C=O) groups excluding carboxylic acids is 3. The Labute approximate surface area is 513 Å². The van der Waals surface area contributed by atoms with Gasteiger partial charge >= 0.3 is 17.9 Å². The zero-order chi connectivity index (χ0) is 59.2. The monoisotopic (exact) mass is 1150 g/mol. The molecule has 0 spiro atoms. The molecule has 0 aliphatic rings. The predicted octanol–water partition coefficient (Wildman–Crippen LogP) is 25.7. The number of rotatable bonds is 70. The molecule has 0 aliphatic carbocycles. The smallest absolute Gasteiger partial charge is 0.306 e. The molecule has 0 radical (unpaired) electrons. The standard InChI is InChI=1S/C76H144O6/c1-4-7-10-13-16-19-22-25-28-31-34-35-36-37-38-39-40-41-43-45-48-51-54-57-60-63-66-69-75(78)81-72-73(71-80-74(77)68-65-62-59-56-53-50-47-44-33-30-27-24-21-18-15-12-9-6-3)82-76(79)70-67-64-61-58-55-52-49-46-42-32-29-26-23-20-17-14-11-8-5-2/h21,24,30,33,73H,4-20,22-23,25-29,31-32,34-72H2,1-3H3/b24-21-,33-30-. The first-order valence-electron chi connectivity index (χ1n) is 37.3. The molecule has 6 nitrogen and oxygen atoms in total. The second kappa shape index (κ2) is 71.4. The highest BCUT2D eigenvalue weighted by atomic mass is 16.6. The maximum Gasteiger partial charge on any atom is 0.306 e. The molecule has 484 valence electrons. The van der Waals surface area contributed by atoms with E-state index in [9.17, 15) is 14.4 Å². The summed E-state index contributed by atoms with van der Waals surface area (Å²) in [7, 11) is 0. The fourth-order valence-electron chi connectivity index (χ4n) is 11.6. The van der Waals surface area contributed by atoms with E-state index in [-0.39, 0.29) is 31.1 Å². The van der Waals surface area contributed by atoms with E-state index in [4.69, 9.17) is 14.2 Å².